The van der Waals surface area contributed by atoms with Gasteiger partial charge in [0.1, 0.15) is 0 Å². The Kier molecular flexibility index (Phi) is 4.49. The van der Waals surface area contributed by atoms with Crippen LogP contribution in [0.1, 0.15) is 11.1 Å². The molecule has 0 spiro atoms. The number of alkyl halides is 3. The topological polar surface area (TPSA) is 12.4 Å². The van der Waals surface area contributed by atoms with Crippen molar-refractivity contribution in [1.82, 2.24) is 0 Å². The van der Waals surface area contributed by atoms with Crippen molar-refractivity contribution in [2.45, 2.75) is 18.0 Å². The molecule has 0 unspecified atom stereocenters. The van der Waals surface area contributed by atoms with Crippen molar-refractivity contribution in [1.29, 1.82) is 0 Å². The van der Waals surface area contributed by atoms with E-state index in [0.717, 1.165) is 17.5 Å². The fraction of sp³-hybridized carbons (Fsp3) is 0.133. The number of nitrogens with zero attached hydrogens (tertiary/aromatic N) is 1. The summed E-state index contributed by atoms with van der Waals surface area (Å²) in [5.41, 5.74) is 0.251. The van der Waals surface area contributed by atoms with Crippen LogP contribution in [0, 0.1) is 6.92 Å². The Balaban J connectivity index is 2.28. The Morgan fingerprint density at radius 3 is 2.10 bits per heavy atom. The van der Waals surface area contributed by atoms with Crippen LogP contribution in [0.15, 0.2) is 63.9 Å². The zero-order valence-electron chi connectivity index (χ0n) is 10.7. The summed E-state index contributed by atoms with van der Waals surface area (Å²) in [6.45, 7) is 1.92. The SMILES string of the molecule is Cc1ccc(S/N=C(/c2ccccc2)C(F)(F)F)cc1. The third-order valence-electron chi connectivity index (χ3n) is 2.58. The van der Waals surface area contributed by atoms with Gasteiger partial charge in [0, 0.05) is 22.4 Å². The van der Waals surface area contributed by atoms with Gasteiger partial charge in [-0.2, -0.15) is 13.2 Å². The zero-order valence-corrected chi connectivity index (χ0v) is 11.5. The van der Waals surface area contributed by atoms with Crippen LogP contribution in [0.25, 0.3) is 0 Å². The number of aryl methyl sites for hydroxylation is 1. The van der Waals surface area contributed by atoms with Crippen molar-refractivity contribution in [3.8, 4) is 0 Å². The molecule has 0 saturated carbocycles. The van der Waals surface area contributed by atoms with Gasteiger partial charge >= 0.3 is 6.18 Å². The predicted molar refractivity (Wildman–Crippen MR) is 76.1 cm³/mol. The molecule has 2 rings (SSSR count). The molecule has 0 saturated heterocycles. The molecule has 5 heteroatoms. The summed E-state index contributed by atoms with van der Waals surface area (Å²) >= 11 is 0.827. The first-order chi connectivity index (χ1) is 9.47. The summed E-state index contributed by atoms with van der Waals surface area (Å²) < 4.78 is 42.8. The Labute approximate surface area is 119 Å². The largest absolute Gasteiger partial charge is 0.434 e. The van der Waals surface area contributed by atoms with E-state index in [-0.39, 0.29) is 5.56 Å². The molecule has 0 aliphatic rings. The first-order valence-electron chi connectivity index (χ1n) is 5.91. The van der Waals surface area contributed by atoms with E-state index in [1.807, 2.05) is 19.1 Å². The van der Waals surface area contributed by atoms with Gasteiger partial charge in [0.05, 0.1) is 0 Å². The second-order valence-electron chi connectivity index (χ2n) is 4.21. The van der Waals surface area contributed by atoms with E-state index in [1.54, 1.807) is 30.3 Å². The molecule has 0 bridgehead atoms. The monoisotopic (exact) mass is 295 g/mol. The van der Waals surface area contributed by atoms with Crippen LogP contribution < -0.4 is 0 Å². The lowest BCUT2D eigenvalue weighted by atomic mass is 10.1. The zero-order chi connectivity index (χ0) is 14.6. The van der Waals surface area contributed by atoms with Crippen molar-refractivity contribution < 1.29 is 13.2 Å². The molecule has 2 aromatic rings. The van der Waals surface area contributed by atoms with Crippen molar-refractivity contribution in [3.05, 3.63) is 65.7 Å². The highest BCUT2D eigenvalue weighted by Crippen LogP contribution is 2.27. The Morgan fingerprint density at radius 1 is 0.950 bits per heavy atom. The van der Waals surface area contributed by atoms with Gasteiger partial charge in [-0.15, -0.1) is 0 Å². The van der Waals surface area contributed by atoms with Gasteiger partial charge in [0.15, 0.2) is 5.71 Å². The van der Waals surface area contributed by atoms with E-state index in [4.69, 9.17) is 0 Å². The van der Waals surface area contributed by atoms with E-state index >= 15 is 0 Å². The van der Waals surface area contributed by atoms with Gasteiger partial charge in [-0.05, 0) is 19.1 Å². The smallest absolute Gasteiger partial charge is 0.206 e. The van der Waals surface area contributed by atoms with Gasteiger partial charge in [0.2, 0.25) is 0 Å². The first-order valence-corrected chi connectivity index (χ1v) is 6.68. The number of rotatable bonds is 3. The molecule has 0 heterocycles. The highest BCUT2D eigenvalue weighted by molar-refractivity contribution is 7.98. The highest BCUT2D eigenvalue weighted by Gasteiger charge is 2.36. The molecule has 0 radical (unpaired) electrons. The van der Waals surface area contributed by atoms with Crippen LogP contribution in [0.5, 0.6) is 0 Å². The normalized spacial score (nSPS) is 12.5. The lowest BCUT2D eigenvalue weighted by Gasteiger charge is -2.10. The van der Waals surface area contributed by atoms with Crippen molar-refractivity contribution in [2.24, 2.45) is 4.40 Å². The molecular weight excluding hydrogens is 283 g/mol. The Hall–Kier alpha value is -1.75. The van der Waals surface area contributed by atoms with Gasteiger partial charge < -0.3 is 0 Å². The summed E-state index contributed by atoms with van der Waals surface area (Å²) in [4.78, 5) is 0.674. The molecule has 0 N–H and O–H groups in total. The molecule has 0 aromatic heterocycles. The third-order valence-corrected chi connectivity index (χ3v) is 3.34. The Bertz CT molecular complexity index is 589. The molecule has 0 atom stereocenters. The predicted octanol–water partition coefficient (Wildman–Crippen LogP) is 5.05. The van der Waals surface area contributed by atoms with Crippen LogP contribution in [0.4, 0.5) is 13.2 Å². The summed E-state index contributed by atoms with van der Waals surface area (Å²) in [7, 11) is 0. The van der Waals surface area contributed by atoms with E-state index < -0.39 is 11.9 Å². The van der Waals surface area contributed by atoms with Crippen LogP contribution in [-0.4, -0.2) is 11.9 Å². The molecule has 0 amide bonds. The minimum absolute atomic E-state index is 0.0691. The molecule has 1 nitrogen and oxygen atoms in total. The molecule has 0 fully saturated rings. The maximum Gasteiger partial charge on any atom is 0.434 e. The van der Waals surface area contributed by atoms with Crippen LogP contribution in [0.3, 0.4) is 0 Å². The fourth-order valence-corrected chi connectivity index (χ4v) is 2.23. The number of hydrogen-bond acceptors (Lipinski definition) is 2. The second kappa shape index (κ2) is 6.13. The van der Waals surface area contributed by atoms with E-state index in [9.17, 15) is 13.2 Å². The second-order valence-corrected chi connectivity index (χ2v) is 5.04. The first kappa shape index (κ1) is 14.7. The van der Waals surface area contributed by atoms with Gasteiger partial charge in [0.25, 0.3) is 0 Å². The quantitative estimate of drug-likeness (QED) is 0.570. The van der Waals surface area contributed by atoms with E-state index in [1.165, 1.54) is 12.1 Å². The molecule has 104 valence electrons. The Morgan fingerprint density at radius 2 is 1.55 bits per heavy atom. The number of hydrogen-bond donors (Lipinski definition) is 0. The number of halogens is 3. The molecule has 20 heavy (non-hydrogen) atoms. The van der Waals surface area contributed by atoms with Crippen LogP contribution in [-0.2, 0) is 0 Å². The summed E-state index contributed by atoms with van der Waals surface area (Å²) in [6.07, 6.45) is -4.47. The van der Waals surface area contributed by atoms with Crippen LogP contribution in [0.2, 0.25) is 0 Å². The van der Waals surface area contributed by atoms with Gasteiger partial charge in [-0.3, -0.25) is 0 Å². The minimum atomic E-state index is -4.47. The lowest BCUT2D eigenvalue weighted by molar-refractivity contribution is -0.0578. The maximum atomic E-state index is 13.0. The van der Waals surface area contributed by atoms with E-state index in [0.29, 0.717) is 4.90 Å². The molecule has 2 aromatic carbocycles. The standard InChI is InChI=1S/C15H12F3NS/c1-11-7-9-13(10-8-11)20-19-14(15(16,17)18)12-5-3-2-4-6-12/h2-10H,1H3/b19-14-. The average Bonchev–Trinajstić information content (AvgIpc) is 2.41. The van der Waals surface area contributed by atoms with E-state index in [2.05, 4.69) is 4.40 Å². The fourth-order valence-electron chi connectivity index (χ4n) is 1.56. The number of benzene rings is 2. The summed E-state index contributed by atoms with van der Waals surface area (Å²) in [5.74, 6) is 0. The minimum Gasteiger partial charge on any atom is -0.206 e. The molecule has 0 aliphatic carbocycles. The van der Waals surface area contributed by atoms with Gasteiger partial charge in [-0.1, -0.05) is 48.0 Å². The van der Waals surface area contributed by atoms with Crippen LogP contribution >= 0.6 is 11.9 Å². The molecule has 0 aliphatic heterocycles. The molecular formula is C15H12F3NS. The van der Waals surface area contributed by atoms with Crippen molar-refractivity contribution in [3.63, 3.8) is 0 Å². The van der Waals surface area contributed by atoms with Crippen molar-refractivity contribution >= 4 is 17.7 Å². The third kappa shape index (κ3) is 3.87. The van der Waals surface area contributed by atoms with Gasteiger partial charge in [-0.25, -0.2) is 4.40 Å². The van der Waals surface area contributed by atoms with Crippen molar-refractivity contribution in [2.75, 3.05) is 0 Å². The highest BCUT2D eigenvalue weighted by atomic mass is 32.2. The average molecular weight is 295 g/mol. The maximum absolute atomic E-state index is 13.0. The summed E-state index contributed by atoms with van der Waals surface area (Å²) in [6, 6.07) is 14.8. The summed E-state index contributed by atoms with van der Waals surface area (Å²) in [5, 5.41) is 0. The lowest BCUT2D eigenvalue weighted by Crippen LogP contribution is -2.23.